The first-order valence-electron chi connectivity index (χ1n) is 7.72. The van der Waals surface area contributed by atoms with E-state index in [9.17, 15) is 9.90 Å². The summed E-state index contributed by atoms with van der Waals surface area (Å²) in [4.78, 5) is 16.8. The first-order chi connectivity index (χ1) is 11.7. The van der Waals surface area contributed by atoms with Crippen molar-refractivity contribution in [1.29, 1.82) is 0 Å². The SMILES string of the molecule is CCc1ccc(C(=O)NC(c2ccccc2)c2ncn[nH]2)c(O)c1. The summed E-state index contributed by atoms with van der Waals surface area (Å²) in [6.07, 6.45) is 2.19. The number of H-pyrrole nitrogens is 1. The molecule has 24 heavy (non-hydrogen) atoms. The molecule has 0 spiro atoms. The van der Waals surface area contributed by atoms with Crippen LogP contribution in [0.4, 0.5) is 0 Å². The maximum Gasteiger partial charge on any atom is 0.255 e. The molecule has 3 N–H and O–H groups in total. The van der Waals surface area contributed by atoms with Gasteiger partial charge in [0.25, 0.3) is 5.91 Å². The fourth-order valence-electron chi connectivity index (χ4n) is 2.51. The van der Waals surface area contributed by atoms with Gasteiger partial charge in [-0.25, -0.2) is 4.98 Å². The van der Waals surface area contributed by atoms with Gasteiger partial charge in [-0.2, -0.15) is 5.10 Å². The van der Waals surface area contributed by atoms with Crippen LogP contribution in [0.3, 0.4) is 0 Å². The average Bonchev–Trinajstić information content (AvgIpc) is 3.14. The molecule has 0 saturated carbocycles. The lowest BCUT2D eigenvalue weighted by molar-refractivity contribution is 0.0939. The van der Waals surface area contributed by atoms with Crippen LogP contribution in [-0.2, 0) is 6.42 Å². The van der Waals surface area contributed by atoms with Crippen LogP contribution in [0.25, 0.3) is 0 Å². The normalized spacial score (nSPS) is 11.9. The van der Waals surface area contributed by atoms with Crippen LogP contribution < -0.4 is 5.32 Å². The van der Waals surface area contributed by atoms with E-state index in [2.05, 4.69) is 20.5 Å². The summed E-state index contributed by atoms with van der Waals surface area (Å²) in [5.41, 5.74) is 2.07. The Labute approximate surface area is 139 Å². The number of rotatable bonds is 5. The number of aromatic hydroxyl groups is 1. The van der Waals surface area contributed by atoms with Crippen LogP contribution in [-0.4, -0.2) is 26.2 Å². The zero-order valence-electron chi connectivity index (χ0n) is 13.2. The van der Waals surface area contributed by atoms with E-state index in [1.165, 1.54) is 6.33 Å². The van der Waals surface area contributed by atoms with Gasteiger partial charge in [0, 0.05) is 0 Å². The maximum absolute atomic E-state index is 12.6. The van der Waals surface area contributed by atoms with Crippen molar-refractivity contribution in [3.8, 4) is 5.75 Å². The first kappa shape index (κ1) is 15.7. The molecule has 1 atom stereocenters. The Morgan fingerprint density at radius 2 is 2.04 bits per heavy atom. The fourth-order valence-corrected chi connectivity index (χ4v) is 2.51. The topological polar surface area (TPSA) is 90.9 Å². The lowest BCUT2D eigenvalue weighted by Crippen LogP contribution is -2.30. The molecule has 3 aromatic rings. The summed E-state index contributed by atoms with van der Waals surface area (Å²) in [6.45, 7) is 1.99. The molecular weight excluding hydrogens is 304 g/mol. The van der Waals surface area contributed by atoms with Gasteiger partial charge in [-0.05, 0) is 29.7 Å². The second kappa shape index (κ2) is 6.95. The number of nitrogens with zero attached hydrogens (tertiary/aromatic N) is 2. The van der Waals surface area contributed by atoms with E-state index in [4.69, 9.17) is 0 Å². The smallest absolute Gasteiger partial charge is 0.255 e. The monoisotopic (exact) mass is 322 g/mol. The molecule has 1 unspecified atom stereocenters. The van der Waals surface area contributed by atoms with E-state index >= 15 is 0 Å². The van der Waals surface area contributed by atoms with Crippen molar-refractivity contribution >= 4 is 5.91 Å². The number of benzene rings is 2. The number of phenols is 1. The molecular formula is C18H18N4O2. The summed E-state index contributed by atoms with van der Waals surface area (Å²) in [5.74, 6) is 0.121. The van der Waals surface area contributed by atoms with Gasteiger partial charge in [0.15, 0.2) is 5.82 Å². The quantitative estimate of drug-likeness (QED) is 0.673. The Hall–Kier alpha value is -3.15. The lowest BCUT2D eigenvalue weighted by Gasteiger charge is -2.17. The van der Waals surface area contributed by atoms with E-state index < -0.39 is 6.04 Å². The number of phenolic OH excluding ortho intramolecular Hbond substituents is 1. The minimum absolute atomic E-state index is 0.0313. The minimum Gasteiger partial charge on any atom is -0.507 e. The number of hydrogen-bond donors (Lipinski definition) is 3. The van der Waals surface area contributed by atoms with Crippen molar-refractivity contribution in [2.45, 2.75) is 19.4 Å². The van der Waals surface area contributed by atoms with E-state index in [1.54, 1.807) is 12.1 Å². The Kier molecular flexibility index (Phi) is 4.56. The van der Waals surface area contributed by atoms with Crippen molar-refractivity contribution in [3.05, 3.63) is 77.4 Å². The second-order valence-corrected chi connectivity index (χ2v) is 5.39. The molecule has 0 aliphatic rings. The first-order valence-corrected chi connectivity index (χ1v) is 7.72. The molecule has 0 aliphatic heterocycles. The molecule has 0 bridgehead atoms. The Morgan fingerprint density at radius 1 is 1.25 bits per heavy atom. The van der Waals surface area contributed by atoms with Crippen LogP contribution in [0.15, 0.2) is 54.9 Å². The average molecular weight is 322 g/mol. The van der Waals surface area contributed by atoms with Crippen LogP contribution in [0.5, 0.6) is 5.75 Å². The molecule has 6 heteroatoms. The molecule has 3 rings (SSSR count). The number of carbonyl (C=O) groups excluding carboxylic acids is 1. The minimum atomic E-state index is -0.480. The number of aromatic nitrogens is 3. The van der Waals surface area contributed by atoms with Gasteiger partial charge in [0.05, 0.1) is 5.56 Å². The molecule has 0 radical (unpaired) electrons. The highest BCUT2D eigenvalue weighted by atomic mass is 16.3. The second-order valence-electron chi connectivity index (χ2n) is 5.39. The van der Waals surface area contributed by atoms with Gasteiger partial charge < -0.3 is 10.4 Å². The highest BCUT2D eigenvalue weighted by Gasteiger charge is 2.21. The standard InChI is InChI=1S/C18H18N4O2/c1-2-12-8-9-14(15(23)10-12)18(24)21-16(17-19-11-20-22-17)13-6-4-3-5-7-13/h3-11,16,23H,2H2,1H3,(H,21,24)(H,19,20,22). The predicted octanol–water partition coefficient (Wildman–Crippen LogP) is 2.59. The largest absolute Gasteiger partial charge is 0.507 e. The third-order valence-corrected chi connectivity index (χ3v) is 3.83. The van der Waals surface area contributed by atoms with E-state index in [0.717, 1.165) is 17.5 Å². The molecule has 6 nitrogen and oxygen atoms in total. The molecule has 0 aliphatic carbocycles. The lowest BCUT2D eigenvalue weighted by atomic mass is 10.0. The van der Waals surface area contributed by atoms with Crippen LogP contribution >= 0.6 is 0 Å². The van der Waals surface area contributed by atoms with Gasteiger partial charge in [-0.1, -0.05) is 43.3 Å². The van der Waals surface area contributed by atoms with E-state index in [-0.39, 0.29) is 17.2 Å². The number of aryl methyl sites for hydroxylation is 1. The van der Waals surface area contributed by atoms with Crippen LogP contribution in [0.1, 0.15) is 40.3 Å². The molecule has 1 aromatic heterocycles. The summed E-state index contributed by atoms with van der Waals surface area (Å²) in [6, 6.07) is 14.1. The Morgan fingerprint density at radius 3 is 2.67 bits per heavy atom. The van der Waals surface area contributed by atoms with Gasteiger partial charge in [0.2, 0.25) is 0 Å². The van der Waals surface area contributed by atoms with Gasteiger partial charge in [-0.15, -0.1) is 0 Å². The van der Waals surface area contributed by atoms with Gasteiger partial charge in [0.1, 0.15) is 18.1 Å². The highest BCUT2D eigenvalue weighted by Crippen LogP contribution is 2.23. The highest BCUT2D eigenvalue weighted by molar-refractivity contribution is 5.97. The fraction of sp³-hybridized carbons (Fsp3) is 0.167. The van der Waals surface area contributed by atoms with Crippen LogP contribution in [0.2, 0.25) is 0 Å². The third kappa shape index (κ3) is 3.27. The number of aromatic amines is 1. The number of carbonyl (C=O) groups is 1. The Balaban J connectivity index is 1.89. The van der Waals surface area contributed by atoms with E-state index in [0.29, 0.717) is 5.82 Å². The summed E-state index contributed by atoms with van der Waals surface area (Å²) in [5, 5.41) is 19.6. The predicted molar refractivity (Wildman–Crippen MR) is 89.6 cm³/mol. The number of nitrogens with one attached hydrogen (secondary N) is 2. The van der Waals surface area contributed by atoms with Gasteiger partial charge >= 0.3 is 0 Å². The van der Waals surface area contributed by atoms with Crippen molar-refractivity contribution in [3.63, 3.8) is 0 Å². The summed E-state index contributed by atoms with van der Waals surface area (Å²) in [7, 11) is 0. The zero-order chi connectivity index (χ0) is 16.9. The molecule has 0 fully saturated rings. The van der Waals surface area contributed by atoms with Crippen molar-refractivity contribution in [2.75, 3.05) is 0 Å². The number of amides is 1. The maximum atomic E-state index is 12.6. The Bertz CT molecular complexity index is 816. The van der Waals surface area contributed by atoms with Crippen molar-refractivity contribution in [2.24, 2.45) is 0 Å². The molecule has 1 amide bonds. The summed E-state index contributed by atoms with van der Waals surface area (Å²) >= 11 is 0. The molecule has 0 saturated heterocycles. The molecule has 1 heterocycles. The van der Waals surface area contributed by atoms with Crippen molar-refractivity contribution in [1.82, 2.24) is 20.5 Å². The zero-order valence-corrected chi connectivity index (χ0v) is 13.2. The third-order valence-electron chi connectivity index (χ3n) is 3.83. The van der Waals surface area contributed by atoms with E-state index in [1.807, 2.05) is 43.3 Å². The van der Waals surface area contributed by atoms with Crippen LogP contribution in [0, 0.1) is 0 Å². The summed E-state index contributed by atoms with van der Waals surface area (Å²) < 4.78 is 0. The molecule has 122 valence electrons. The van der Waals surface area contributed by atoms with Gasteiger partial charge in [-0.3, -0.25) is 9.89 Å². The molecule has 2 aromatic carbocycles. The number of hydrogen-bond acceptors (Lipinski definition) is 4. The van der Waals surface area contributed by atoms with Crippen molar-refractivity contribution < 1.29 is 9.90 Å².